The standard InChI is InChI=1S/C32H23N3OS/c1-18-14-17-26(29-28(18)22-8-3-6-13-27(22)36-29)35-25-12-5-4-11-24(25)34-31(35)23-10-7-9-20-21-16-15-19(2)33-32(21)37-30(20)23/h3-17,31,34H,1-2H3. The number of nitrogens with zero attached hydrogens (tertiary/aromatic N) is 2. The summed E-state index contributed by atoms with van der Waals surface area (Å²) in [5.74, 6) is 0. The number of rotatable bonds is 2. The number of aromatic nitrogens is 1. The molecule has 1 N–H and O–H groups in total. The average Bonchev–Trinajstić information content (AvgIpc) is 3.60. The third-order valence-corrected chi connectivity index (χ3v) is 8.68. The van der Waals surface area contributed by atoms with Crippen molar-refractivity contribution in [2.24, 2.45) is 0 Å². The van der Waals surface area contributed by atoms with E-state index in [4.69, 9.17) is 9.40 Å². The molecule has 4 nitrogen and oxygen atoms in total. The lowest BCUT2D eigenvalue weighted by Crippen LogP contribution is -2.23. The smallest absolute Gasteiger partial charge is 0.159 e. The highest BCUT2D eigenvalue weighted by Gasteiger charge is 2.34. The van der Waals surface area contributed by atoms with Crippen molar-refractivity contribution in [3.63, 3.8) is 0 Å². The van der Waals surface area contributed by atoms with Crippen molar-refractivity contribution in [1.82, 2.24) is 4.98 Å². The maximum Gasteiger partial charge on any atom is 0.159 e. The van der Waals surface area contributed by atoms with Crippen LogP contribution in [-0.2, 0) is 0 Å². The van der Waals surface area contributed by atoms with Gasteiger partial charge in [0.05, 0.1) is 17.1 Å². The number of hydrogen-bond donors (Lipinski definition) is 1. The van der Waals surface area contributed by atoms with Crippen LogP contribution >= 0.6 is 11.3 Å². The molecule has 1 atom stereocenters. The van der Waals surface area contributed by atoms with Crippen molar-refractivity contribution in [3.05, 3.63) is 108 Å². The molecule has 0 bridgehead atoms. The molecule has 4 aromatic carbocycles. The van der Waals surface area contributed by atoms with Crippen molar-refractivity contribution < 1.29 is 4.42 Å². The summed E-state index contributed by atoms with van der Waals surface area (Å²) >= 11 is 1.77. The quantitative estimate of drug-likeness (QED) is 0.258. The van der Waals surface area contributed by atoms with Gasteiger partial charge in [-0.3, -0.25) is 0 Å². The van der Waals surface area contributed by atoms with E-state index in [1.807, 2.05) is 6.07 Å². The van der Waals surface area contributed by atoms with Crippen molar-refractivity contribution in [2.75, 3.05) is 10.2 Å². The minimum atomic E-state index is -0.0885. The van der Waals surface area contributed by atoms with Gasteiger partial charge in [-0.1, -0.05) is 54.6 Å². The number of anilines is 3. The zero-order valence-electron chi connectivity index (χ0n) is 20.4. The van der Waals surface area contributed by atoms with Crippen LogP contribution in [-0.4, -0.2) is 4.98 Å². The Morgan fingerprint density at radius 3 is 2.57 bits per heavy atom. The Hall–Kier alpha value is -4.35. The molecule has 0 spiro atoms. The van der Waals surface area contributed by atoms with Crippen LogP contribution in [0.2, 0.25) is 0 Å². The summed E-state index contributed by atoms with van der Waals surface area (Å²) in [5, 5.41) is 8.63. The Labute approximate surface area is 217 Å². The van der Waals surface area contributed by atoms with Crippen LogP contribution in [0.4, 0.5) is 17.1 Å². The SMILES string of the molecule is Cc1ccc2c(n1)sc1c(C3Nc4ccccc4N3c3ccc(C)c4c3oc3ccccc34)cccc12. The summed E-state index contributed by atoms with van der Waals surface area (Å²) in [5.41, 5.74) is 8.65. The zero-order chi connectivity index (χ0) is 24.7. The van der Waals surface area contributed by atoms with E-state index in [0.29, 0.717) is 0 Å². The third kappa shape index (κ3) is 2.92. The number of pyridine rings is 1. The molecule has 0 fully saturated rings. The van der Waals surface area contributed by atoms with Crippen molar-refractivity contribution in [3.8, 4) is 0 Å². The first-order valence-electron chi connectivity index (χ1n) is 12.5. The van der Waals surface area contributed by atoms with Crippen LogP contribution in [0.25, 0.3) is 42.2 Å². The molecule has 178 valence electrons. The summed E-state index contributed by atoms with van der Waals surface area (Å²) in [7, 11) is 0. The van der Waals surface area contributed by atoms with Crippen LogP contribution in [0.15, 0.2) is 95.4 Å². The van der Waals surface area contributed by atoms with E-state index in [-0.39, 0.29) is 6.17 Å². The molecule has 0 aliphatic carbocycles. The van der Waals surface area contributed by atoms with Gasteiger partial charge in [-0.05, 0) is 55.8 Å². The lowest BCUT2D eigenvalue weighted by molar-refractivity contribution is 0.665. The number of furan rings is 1. The van der Waals surface area contributed by atoms with Gasteiger partial charge in [0.1, 0.15) is 16.6 Å². The maximum absolute atomic E-state index is 6.55. The molecule has 0 saturated carbocycles. The highest BCUT2D eigenvalue weighted by Crippen LogP contribution is 2.51. The minimum absolute atomic E-state index is 0.0885. The number of nitrogens with one attached hydrogen (secondary N) is 1. The van der Waals surface area contributed by atoms with Gasteiger partial charge in [-0.2, -0.15) is 0 Å². The van der Waals surface area contributed by atoms with Gasteiger partial charge in [0, 0.05) is 37.5 Å². The number of thiophene rings is 1. The number of fused-ring (bicyclic) bond motifs is 7. The number of hydrogen-bond acceptors (Lipinski definition) is 5. The second kappa shape index (κ2) is 7.58. The second-order valence-electron chi connectivity index (χ2n) is 9.77. The number of para-hydroxylation sites is 3. The third-order valence-electron chi connectivity index (χ3n) is 7.52. The maximum atomic E-state index is 6.55. The fourth-order valence-corrected chi connectivity index (χ4v) is 7.08. The lowest BCUT2D eigenvalue weighted by atomic mass is 10.0. The van der Waals surface area contributed by atoms with Gasteiger partial charge in [0.15, 0.2) is 5.58 Å². The molecule has 5 heteroatoms. The van der Waals surface area contributed by atoms with E-state index < -0.39 is 0 Å². The predicted molar refractivity (Wildman–Crippen MR) is 155 cm³/mol. The monoisotopic (exact) mass is 497 g/mol. The molecule has 0 radical (unpaired) electrons. The molecule has 37 heavy (non-hydrogen) atoms. The molecule has 3 aromatic heterocycles. The fraction of sp³-hybridized carbons (Fsp3) is 0.0938. The predicted octanol–water partition coefficient (Wildman–Crippen LogP) is 9.23. The van der Waals surface area contributed by atoms with Gasteiger partial charge >= 0.3 is 0 Å². The summed E-state index contributed by atoms with van der Waals surface area (Å²) in [6.07, 6.45) is -0.0885. The molecule has 0 amide bonds. The van der Waals surface area contributed by atoms with E-state index in [1.54, 1.807) is 11.3 Å². The Kier molecular flexibility index (Phi) is 4.26. The van der Waals surface area contributed by atoms with E-state index in [0.717, 1.165) is 44.1 Å². The van der Waals surface area contributed by atoms with Crippen molar-refractivity contribution in [1.29, 1.82) is 0 Å². The minimum Gasteiger partial charge on any atom is -0.454 e. The Balaban J connectivity index is 1.41. The van der Waals surface area contributed by atoms with E-state index in [9.17, 15) is 0 Å². The number of aryl methyl sites for hydroxylation is 2. The van der Waals surface area contributed by atoms with Gasteiger partial charge in [-0.25, -0.2) is 4.98 Å². The summed E-state index contributed by atoms with van der Waals surface area (Å²) in [6.45, 7) is 4.21. The summed E-state index contributed by atoms with van der Waals surface area (Å²) < 4.78 is 7.81. The van der Waals surface area contributed by atoms with E-state index in [1.165, 1.54) is 32.0 Å². The second-order valence-corrected chi connectivity index (χ2v) is 10.8. The molecule has 8 rings (SSSR count). The van der Waals surface area contributed by atoms with Crippen molar-refractivity contribution >= 4 is 70.6 Å². The first-order chi connectivity index (χ1) is 18.2. The van der Waals surface area contributed by atoms with Crippen molar-refractivity contribution in [2.45, 2.75) is 20.0 Å². The molecule has 1 unspecified atom stereocenters. The molecule has 1 aliphatic rings. The molecule has 0 saturated heterocycles. The van der Waals surface area contributed by atoms with Gasteiger partial charge in [0.25, 0.3) is 0 Å². The van der Waals surface area contributed by atoms with Gasteiger partial charge in [-0.15, -0.1) is 11.3 Å². The first kappa shape index (κ1) is 20.8. The lowest BCUT2D eigenvalue weighted by Gasteiger charge is -2.28. The molecular weight excluding hydrogens is 474 g/mol. The number of benzene rings is 4. The van der Waals surface area contributed by atoms with Crippen LogP contribution in [0.5, 0.6) is 0 Å². The van der Waals surface area contributed by atoms with Gasteiger partial charge in [0.2, 0.25) is 0 Å². The van der Waals surface area contributed by atoms with Crippen LogP contribution in [0.1, 0.15) is 23.0 Å². The van der Waals surface area contributed by atoms with E-state index in [2.05, 4.69) is 109 Å². The Morgan fingerprint density at radius 1 is 0.784 bits per heavy atom. The Morgan fingerprint density at radius 2 is 1.62 bits per heavy atom. The highest BCUT2D eigenvalue weighted by molar-refractivity contribution is 7.25. The highest BCUT2D eigenvalue weighted by atomic mass is 32.1. The topological polar surface area (TPSA) is 41.3 Å². The molecule has 4 heterocycles. The summed E-state index contributed by atoms with van der Waals surface area (Å²) in [6, 6.07) is 32.2. The molecule has 7 aromatic rings. The van der Waals surface area contributed by atoms with Crippen LogP contribution in [0.3, 0.4) is 0 Å². The zero-order valence-corrected chi connectivity index (χ0v) is 21.3. The molecule has 1 aliphatic heterocycles. The van der Waals surface area contributed by atoms with Crippen LogP contribution < -0.4 is 10.2 Å². The fourth-order valence-electron chi connectivity index (χ4n) is 5.82. The molecular formula is C32H23N3OS. The first-order valence-corrected chi connectivity index (χ1v) is 13.3. The Bertz CT molecular complexity index is 2020. The largest absolute Gasteiger partial charge is 0.454 e. The van der Waals surface area contributed by atoms with Crippen LogP contribution in [0, 0.1) is 13.8 Å². The normalized spacial score (nSPS) is 15.2. The average molecular weight is 498 g/mol. The van der Waals surface area contributed by atoms with E-state index >= 15 is 0 Å². The van der Waals surface area contributed by atoms with Gasteiger partial charge < -0.3 is 14.6 Å². The summed E-state index contributed by atoms with van der Waals surface area (Å²) in [4.78, 5) is 8.32.